The number of halogens is 1. The van der Waals surface area contributed by atoms with Gasteiger partial charge in [-0.1, -0.05) is 11.6 Å². The van der Waals surface area contributed by atoms with Gasteiger partial charge in [-0.05, 0) is 6.07 Å². The predicted molar refractivity (Wildman–Crippen MR) is 69.5 cm³/mol. The summed E-state index contributed by atoms with van der Waals surface area (Å²) in [5.41, 5.74) is 0.0155. The SMILES string of the molecule is Cn1c(-c2cc(Cl)cc([N+](=O)[O-])c2)nnc1S(N)(=O)=O. The fourth-order valence-electron chi connectivity index (χ4n) is 1.62. The van der Waals surface area contributed by atoms with Gasteiger partial charge < -0.3 is 0 Å². The summed E-state index contributed by atoms with van der Waals surface area (Å²) in [7, 11) is -2.66. The average molecular weight is 318 g/mol. The molecule has 106 valence electrons. The van der Waals surface area contributed by atoms with Crippen LogP contribution in [0.2, 0.25) is 5.02 Å². The Bertz CT molecular complexity index is 801. The van der Waals surface area contributed by atoms with E-state index in [0.717, 1.165) is 4.57 Å². The van der Waals surface area contributed by atoms with Gasteiger partial charge in [0.15, 0.2) is 5.82 Å². The number of primary sulfonamides is 1. The summed E-state index contributed by atoms with van der Waals surface area (Å²) in [6, 6.07) is 3.79. The zero-order valence-corrected chi connectivity index (χ0v) is 11.6. The van der Waals surface area contributed by atoms with Crippen LogP contribution in [0.3, 0.4) is 0 Å². The summed E-state index contributed by atoms with van der Waals surface area (Å²) in [5.74, 6) is 0.0969. The minimum atomic E-state index is -4.03. The highest BCUT2D eigenvalue weighted by Crippen LogP contribution is 2.27. The largest absolute Gasteiger partial charge is 0.300 e. The highest BCUT2D eigenvalue weighted by atomic mass is 35.5. The number of sulfonamides is 1. The highest BCUT2D eigenvalue weighted by molar-refractivity contribution is 7.89. The van der Waals surface area contributed by atoms with Crippen LogP contribution in [0.5, 0.6) is 0 Å². The Labute approximate surface area is 118 Å². The number of nitrogens with zero attached hydrogens (tertiary/aromatic N) is 4. The van der Waals surface area contributed by atoms with E-state index >= 15 is 0 Å². The molecule has 11 heteroatoms. The van der Waals surface area contributed by atoms with Crippen LogP contribution >= 0.6 is 11.6 Å². The van der Waals surface area contributed by atoms with Crippen LogP contribution in [0.1, 0.15) is 0 Å². The lowest BCUT2D eigenvalue weighted by Crippen LogP contribution is -2.17. The molecule has 0 fully saturated rings. The third-order valence-electron chi connectivity index (χ3n) is 2.44. The quantitative estimate of drug-likeness (QED) is 0.653. The summed E-state index contributed by atoms with van der Waals surface area (Å²) in [4.78, 5) is 10.2. The number of hydrogen-bond acceptors (Lipinski definition) is 6. The molecule has 0 amide bonds. The molecular formula is C9H8ClN5O4S. The number of non-ortho nitro benzene ring substituents is 1. The molecule has 0 spiro atoms. The Morgan fingerprint density at radius 1 is 1.35 bits per heavy atom. The van der Waals surface area contributed by atoms with E-state index in [1.54, 1.807) is 0 Å². The third-order valence-corrected chi connectivity index (χ3v) is 3.52. The first-order valence-electron chi connectivity index (χ1n) is 5.07. The Morgan fingerprint density at radius 2 is 2.00 bits per heavy atom. The van der Waals surface area contributed by atoms with Crippen LogP contribution in [0.25, 0.3) is 11.4 Å². The predicted octanol–water partition coefficient (Wildman–Crippen LogP) is 0.691. The minimum Gasteiger partial charge on any atom is -0.300 e. The van der Waals surface area contributed by atoms with Gasteiger partial charge in [0.2, 0.25) is 0 Å². The smallest absolute Gasteiger partial charge is 0.273 e. The van der Waals surface area contributed by atoms with E-state index in [-0.39, 0.29) is 22.1 Å². The van der Waals surface area contributed by atoms with Crippen LogP contribution in [-0.2, 0) is 17.1 Å². The number of rotatable bonds is 3. The van der Waals surface area contributed by atoms with Gasteiger partial charge in [0.1, 0.15) is 0 Å². The monoisotopic (exact) mass is 317 g/mol. The van der Waals surface area contributed by atoms with Crippen molar-refractivity contribution in [1.82, 2.24) is 14.8 Å². The maximum atomic E-state index is 11.3. The van der Waals surface area contributed by atoms with Crippen LogP contribution in [-0.4, -0.2) is 28.1 Å². The second-order valence-corrected chi connectivity index (χ2v) is 5.76. The van der Waals surface area contributed by atoms with Gasteiger partial charge in [0.05, 0.1) is 4.92 Å². The molecule has 0 aliphatic carbocycles. The van der Waals surface area contributed by atoms with Crippen molar-refractivity contribution in [3.63, 3.8) is 0 Å². The first kappa shape index (κ1) is 14.4. The lowest BCUT2D eigenvalue weighted by molar-refractivity contribution is -0.384. The zero-order chi connectivity index (χ0) is 15.1. The number of hydrogen-bond donors (Lipinski definition) is 1. The van der Waals surface area contributed by atoms with E-state index in [0.29, 0.717) is 0 Å². The van der Waals surface area contributed by atoms with Gasteiger partial charge in [0.25, 0.3) is 20.9 Å². The van der Waals surface area contributed by atoms with E-state index in [9.17, 15) is 18.5 Å². The topological polar surface area (TPSA) is 134 Å². The molecule has 9 nitrogen and oxygen atoms in total. The molecule has 1 aromatic carbocycles. The van der Waals surface area contributed by atoms with Crippen molar-refractivity contribution in [3.8, 4) is 11.4 Å². The van der Waals surface area contributed by atoms with Crippen molar-refractivity contribution in [3.05, 3.63) is 33.3 Å². The van der Waals surface area contributed by atoms with Crippen molar-refractivity contribution in [1.29, 1.82) is 0 Å². The average Bonchev–Trinajstić information content (AvgIpc) is 2.69. The van der Waals surface area contributed by atoms with Gasteiger partial charge in [-0.15, -0.1) is 10.2 Å². The van der Waals surface area contributed by atoms with E-state index in [1.165, 1.54) is 25.2 Å². The number of nitro benzene ring substituents is 1. The van der Waals surface area contributed by atoms with Crippen LogP contribution in [0.15, 0.2) is 23.4 Å². The Balaban J connectivity index is 2.64. The molecule has 20 heavy (non-hydrogen) atoms. The van der Waals surface area contributed by atoms with Crippen LogP contribution in [0.4, 0.5) is 5.69 Å². The van der Waals surface area contributed by atoms with E-state index in [2.05, 4.69) is 10.2 Å². The molecule has 0 aliphatic heterocycles. The summed E-state index contributed by atoms with van der Waals surface area (Å²) < 4.78 is 23.6. The highest BCUT2D eigenvalue weighted by Gasteiger charge is 2.21. The van der Waals surface area contributed by atoms with Gasteiger partial charge >= 0.3 is 0 Å². The van der Waals surface area contributed by atoms with E-state index < -0.39 is 20.1 Å². The molecule has 0 radical (unpaired) electrons. The maximum absolute atomic E-state index is 11.3. The summed E-state index contributed by atoms with van der Waals surface area (Å²) >= 11 is 5.79. The molecule has 2 N–H and O–H groups in total. The molecule has 2 aromatic rings. The number of nitro groups is 1. The molecular weight excluding hydrogens is 310 g/mol. The third kappa shape index (κ3) is 2.61. The summed E-state index contributed by atoms with van der Waals surface area (Å²) in [5, 5.41) is 22.5. The fourth-order valence-corrected chi connectivity index (χ4v) is 2.47. The molecule has 2 rings (SSSR count). The van der Waals surface area contributed by atoms with Crippen molar-refractivity contribution in [2.75, 3.05) is 0 Å². The molecule has 0 bridgehead atoms. The van der Waals surface area contributed by atoms with Crippen molar-refractivity contribution in [2.24, 2.45) is 12.2 Å². The fraction of sp³-hybridized carbons (Fsp3) is 0.111. The second kappa shape index (κ2) is 4.81. The number of nitrogens with two attached hydrogens (primary N) is 1. The summed E-state index contributed by atoms with van der Waals surface area (Å²) in [6.45, 7) is 0. The van der Waals surface area contributed by atoms with E-state index in [1.807, 2.05) is 0 Å². The van der Waals surface area contributed by atoms with Crippen LogP contribution in [0, 0.1) is 10.1 Å². The molecule has 0 saturated heterocycles. The first-order chi connectivity index (χ1) is 9.20. The Morgan fingerprint density at radius 3 is 2.50 bits per heavy atom. The van der Waals surface area contributed by atoms with E-state index in [4.69, 9.17) is 16.7 Å². The second-order valence-electron chi connectivity index (χ2n) is 3.87. The standard InChI is InChI=1S/C9H8ClN5O4S/c1-14-8(12-13-9(14)20(11,18)19)5-2-6(10)4-7(3-5)15(16)17/h2-4H,1H3,(H2,11,18,19). The lowest BCUT2D eigenvalue weighted by Gasteiger charge is -2.03. The molecule has 0 unspecified atom stereocenters. The normalized spacial score (nSPS) is 11.6. The molecule has 0 saturated carbocycles. The first-order valence-corrected chi connectivity index (χ1v) is 7.00. The Hall–Kier alpha value is -2.04. The van der Waals surface area contributed by atoms with Crippen molar-refractivity contribution < 1.29 is 13.3 Å². The van der Waals surface area contributed by atoms with Gasteiger partial charge in [-0.2, -0.15) is 0 Å². The lowest BCUT2D eigenvalue weighted by atomic mass is 10.2. The van der Waals surface area contributed by atoms with Crippen molar-refractivity contribution in [2.45, 2.75) is 5.16 Å². The van der Waals surface area contributed by atoms with Crippen molar-refractivity contribution >= 4 is 27.3 Å². The molecule has 1 aromatic heterocycles. The Kier molecular flexibility index (Phi) is 3.46. The maximum Gasteiger partial charge on any atom is 0.273 e. The van der Waals surface area contributed by atoms with Gasteiger partial charge in [-0.3, -0.25) is 14.7 Å². The molecule has 1 heterocycles. The van der Waals surface area contributed by atoms with Gasteiger partial charge in [0, 0.05) is 29.8 Å². The zero-order valence-electron chi connectivity index (χ0n) is 10.0. The van der Waals surface area contributed by atoms with Gasteiger partial charge in [-0.25, -0.2) is 13.6 Å². The number of aromatic nitrogens is 3. The van der Waals surface area contributed by atoms with Crippen LogP contribution < -0.4 is 5.14 Å². The number of benzene rings is 1. The minimum absolute atomic E-state index is 0.0969. The molecule has 0 aliphatic rings. The summed E-state index contributed by atoms with van der Waals surface area (Å²) in [6.07, 6.45) is 0. The molecule has 0 atom stereocenters.